The van der Waals surface area contributed by atoms with E-state index in [9.17, 15) is 0 Å². The van der Waals surface area contributed by atoms with Crippen molar-refractivity contribution in [2.75, 3.05) is 6.61 Å². The largest absolute Gasteiger partial charge is 0.465 e. The summed E-state index contributed by atoms with van der Waals surface area (Å²) in [7, 11) is 0. The van der Waals surface area contributed by atoms with Crippen molar-refractivity contribution in [2.24, 2.45) is 5.92 Å². The first kappa shape index (κ1) is 12.8. The fourth-order valence-electron chi connectivity index (χ4n) is 1.24. The van der Waals surface area contributed by atoms with Crippen LogP contribution in [0.2, 0.25) is 0 Å². The molecule has 0 spiro atoms. The van der Waals surface area contributed by atoms with E-state index >= 15 is 0 Å². The molecule has 0 bridgehead atoms. The summed E-state index contributed by atoms with van der Waals surface area (Å²) in [6, 6.07) is 7.79. The second-order valence-corrected chi connectivity index (χ2v) is 4.19. The maximum atomic E-state index is 5.61. The van der Waals surface area contributed by atoms with Crippen LogP contribution in [0, 0.1) is 5.92 Å². The molecule has 88 valence electrons. The Bertz CT molecular complexity index is 314. The van der Waals surface area contributed by atoms with Gasteiger partial charge >= 0.3 is 0 Å². The van der Waals surface area contributed by atoms with Crippen LogP contribution in [-0.2, 0) is 4.74 Å². The van der Waals surface area contributed by atoms with Crippen LogP contribution in [0.25, 0.3) is 6.08 Å². The quantitative estimate of drug-likeness (QED) is 0.680. The first-order chi connectivity index (χ1) is 7.61. The molecule has 1 rings (SSSR count). The monoisotopic (exact) mass is 220 g/mol. The zero-order valence-electron chi connectivity index (χ0n) is 10.3. The molecule has 0 saturated heterocycles. The van der Waals surface area contributed by atoms with E-state index in [1.807, 2.05) is 37.3 Å². The minimum atomic E-state index is -0.211. The lowest BCUT2D eigenvalue weighted by molar-refractivity contribution is -0.0755. The van der Waals surface area contributed by atoms with Gasteiger partial charge in [-0.3, -0.25) is 0 Å². The lowest BCUT2D eigenvalue weighted by atomic mass is 10.2. The topological polar surface area (TPSA) is 18.5 Å². The summed E-state index contributed by atoms with van der Waals surface area (Å²) < 4.78 is 11.1. The second kappa shape index (κ2) is 6.33. The van der Waals surface area contributed by atoms with Gasteiger partial charge in [-0.2, -0.15) is 0 Å². The first-order valence-electron chi connectivity index (χ1n) is 5.62. The molecule has 0 N–H and O–H groups in total. The Morgan fingerprint density at radius 2 is 1.81 bits per heavy atom. The molecule has 2 heteroatoms. The summed E-state index contributed by atoms with van der Waals surface area (Å²) >= 11 is 0. The van der Waals surface area contributed by atoms with Crippen molar-refractivity contribution in [2.45, 2.75) is 27.1 Å². The van der Waals surface area contributed by atoms with Gasteiger partial charge in [0.05, 0.1) is 6.61 Å². The lowest BCUT2D eigenvalue weighted by Gasteiger charge is -2.16. The molecule has 2 nitrogen and oxygen atoms in total. The highest BCUT2D eigenvalue weighted by atomic mass is 16.7. The lowest BCUT2D eigenvalue weighted by Crippen LogP contribution is -2.18. The molecule has 0 saturated carbocycles. The highest BCUT2D eigenvalue weighted by Crippen LogP contribution is 2.15. The summed E-state index contributed by atoms with van der Waals surface area (Å²) in [4.78, 5) is 0. The minimum absolute atomic E-state index is 0.211. The van der Waals surface area contributed by atoms with Crippen LogP contribution in [0.4, 0.5) is 0 Å². The van der Waals surface area contributed by atoms with Gasteiger partial charge in [-0.1, -0.05) is 38.6 Å². The maximum Gasteiger partial charge on any atom is 0.196 e. The fraction of sp³-hybridized carbons (Fsp3) is 0.429. The molecule has 0 aliphatic rings. The number of benzene rings is 1. The smallest absolute Gasteiger partial charge is 0.196 e. The molecule has 1 atom stereocenters. The van der Waals surface area contributed by atoms with Gasteiger partial charge < -0.3 is 9.47 Å². The van der Waals surface area contributed by atoms with Gasteiger partial charge in [0.15, 0.2) is 6.29 Å². The SMILES string of the molecule is C=Cc1ccc(OC(C)OCC(C)C)cc1. The fourth-order valence-corrected chi connectivity index (χ4v) is 1.24. The Morgan fingerprint density at radius 1 is 1.19 bits per heavy atom. The molecule has 0 aromatic heterocycles. The van der Waals surface area contributed by atoms with E-state index in [0.717, 1.165) is 11.3 Å². The molecule has 1 unspecified atom stereocenters. The summed E-state index contributed by atoms with van der Waals surface area (Å²) in [5.74, 6) is 1.34. The van der Waals surface area contributed by atoms with E-state index in [1.54, 1.807) is 0 Å². The molecule has 0 radical (unpaired) electrons. The molecular formula is C14H20O2. The van der Waals surface area contributed by atoms with E-state index in [2.05, 4.69) is 20.4 Å². The van der Waals surface area contributed by atoms with Crippen molar-refractivity contribution in [3.63, 3.8) is 0 Å². The molecule has 1 aromatic rings. The van der Waals surface area contributed by atoms with Gasteiger partial charge in [0.1, 0.15) is 5.75 Å². The maximum absolute atomic E-state index is 5.61. The number of hydrogen-bond donors (Lipinski definition) is 0. The van der Waals surface area contributed by atoms with Crippen molar-refractivity contribution >= 4 is 6.08 Å². The van der Waals surface area contributed by atoms with Crippen molar-refractivity contribution in [3.05, 3.63) is 36.4 Å². The van der Waals surface area contributed by atoms with E-state index in [0.29, 0.717) is 12.5 Å². The van der Waals surface area contributed by atoms with E-state index in [1.165, 1.54) is 0 Å². The second-order valence-electron chi connectivity index (χ2n) is 4.19. The predicted octanol–water partition coefficient (Wildman–Crippen LogP) is 3.73. The minimum Gasteiger partial charge on any atom is -0.465 e. The highest BCUT2D eigenvalue weighted by molar-refractivity contribution is 5.48. The van der Waals surface area contributed by atoms with Gasteiger partial charge in [0.25, 0.3) is 0 Å². The zero-order chi connectivity index (χ0) is 12.0. The Balaban J connectivity index is 2.43. The van der Waals surface area contributed by atoms with E-state index in [-0.39, 0.29) is 6.29 Å². The standard InChI is InChI=1S/C14H20O2/c1-5-13-6-8-14(9-7-13)16-12(4)15-10-11(2)3/h5-9,11-12H,1,10H2,2-4H3. The Kier molecular flexibility index (Phi) is 5.06. The molecule has 0 heterocycles. The summed E-state index contributed by atoms with van der Waals surface area (Å²) in [5.41, 5.74) is 1.09. The Morgan fingerprint density at radius 3 is 2.31 bits per heavy atom. The number of hydrogen-bond acceptors (Lipinski definition) is 2. The van der Waals surface area contributed by atoms with Gasteiger partial charge in [-0.15, -0.1) is 0 Å². The van der Waals surface area contributed by atoms with Crippen LogP contribution in [0.3, 0.4) is 0 Å². The first-order valence-corrected chi connectivity index (χ1v) is 5.62. The van der Waals surface area contributed by atoms with Crippen molar-refractivity contribution < 1.29 is 9.47 Å². The zero-order valence-corrected chi connectivity index (χ0v) is 10.3. The van der Waals surface area contributed by atoms with E-state index in [4.69, 9.17) is 9.47 Å². The Hall–Kier alpha value is -1.28. The van der Waals surface area contributed by atoms with Gasteiger partial charge in [0.2, 0.25) is 0 Å². The summed E-state index contributed by atoms with van der Waals surface area (Å²) in [5, 5.41) is 0. The third-order valence-electron chi connectivity index (χ3n) is 2.08. The molecular weight excluding hydrogens is 200 g/mol. The molecule has 16 heavy (non-hydrogen) atoms. The van der Waals surface area contributed by atoms with Crippen molar-refractivity contribution in [1.82, 2.24) is 0 Å². The Labute approximate surface area is 97.9 Å². The van der Waals surface area contributed by atoms with Crippen molar-refractivity contribution in [3.8, 4) is 5.75 Å². The van der Waals surface area contributed by atoms with Crippen LogP contribution in [0.15, 0.2) is 30.8 Å². The molecule has 0 aliphatic heterocycles. The van der Waals surface area contributed by atoms with E-state index < -0.39 is 0 Å². The number of ether oxygens (including phenoxy) is 2. The van der Waals surface area contributed by atoms with Gasteiger partial charge in [0, 0.05) is 0 Å². The van der Waals surface area contributed by atoms with Gasteiger partial charge in [-0.05, 0) is 30.5 Å². The van der Waals surface area contributed by atoms with Crippen LogP contribution in [0.1, 0.15) is 26.3 Å². The molecule has 1 aromatic carbocycles. The average Bonchev–Trinajstić information content (AvgIpc) is 2.27. The van der Waals surface area contributed by atoms with Gasteiger partial charge in [-0.25, -0.2) is 0 Å². The average molecular weight is 220 g/mol. The van der Waals surface area contributed by atoms with Crippen LogP contribution >= 0.6 is 0 Å². The molecule has 0 fully saturated rings. The van der Waals surface area contributed by atoms with Crippen molar-refractivity contribution in [1.29, 1.82) is 0 Å². The van der Waals surface area contributed by atoms with Crippen LogP contribution in [0.5, 0.6) is 5.75 Å². The third kappa shape index (κ3) is 4.49. The van der Waals surface area contributed by atoms with Crippen LogP contribution < -0.4 is 4.74 Å². The highest BCUT2D eigenvalue weighted by Gasteiger charge is 2.04. The normalized spacial score (nSPS) is 12.5. The van der Waals surface area contributed by atoms with Crippen LogP contribution in [-0.4, -0.2) is 12.9 Å². The predicted molar refractivity (Wildman–Crippen MR) is 67.4 cm³/mol. The summed E-state index contributed by atoms with van der Waals surface area (Å²) in [6.07, 6.45) is 1.60. The third-order valence-corrected chi connectivity index (χ3v) is 2.08. The molecule has 0 amide bonds. The molecule has 0 aliphatic carbocycles. The number of rotatable bonds is 6. The summed E-state index contributed by atoms with van der Waals surface area (Å²) in [6.45, 7) is 10.6.